The second-order valence-electron chi connectivity index (χ2n) is 4.81. The number of carbonyl (C=O) groups excluding carboxylic acids is 1. The van der Waals surface area contributed by atoms with Crippen LogP contribution in [-0.2, 0) is 6.73 Å². The van der Waals surface area contributed by atoms with Gasteiger partial charge in [-0.15, -0.1) is 0 Å². The van der Waals surface area contributed by atoms with E-state index in [1.807, 2.05) is 0 Å². The first-order valence-corrected chi connectivity index (χ1v) is 7.31. The predicted molar refractivity (Wildman–Crippen MR) is 86.5 cm³/mol. The number of amides is 1. The van der Waals surface area contributed by atoms with Crippen LogP contribution in [0.4, 0.5) is 10.1 Å². The maximum atomic E-state index is 13.0. The van der Waals surface area contributed by atoms with E-state index in [0.29, 0.717) is 17.0 Å². The van der Waals surface area contributed by atoms with Gasteiger partial charge in [0, 0.05) is 12.4 Å². The third kappa shape index (κ3) is 3.88. The third-order valence-corrected chi connectivity index (χ3v) is 3.36. The van der Waals surface area contributed by atoms with E-state index in [1.54, 1.807) is 24.5 Å². The summed E-state index contributed by atoms with van der Waals surface area (Å²) in [5, 5.41) is 6.94. The lowest BCUT2D eigenvalue weighted by atomic mass is 10.3. The van der Waals surface area contributed by atoms with Crippen molar-refractivity contribution in [1.29, 1.82) is 0 Å². The number of pyridine rings is 1. The summed E-state index contributed by atoms with van der Waals surface area (Å²) in [5.41, 5.74) is 0.956. The highest BCUT2D eigenvalue weighted by Crippen LogP contribution is 2.25. The second kappa shape index (κ2) is 7.10. The van der Waals surface area contributed by atoms with E-state index in [2.05, 4.69) is 15.4 Å². The van der Waals surface area contributed by atoms with Gasteiger partial charge in [-0.25, -0.2) is 9.07 Å². The molecule has 0 bridgehead atoms. The minimum Gasteiger partial charge on any atom is -0.470 e. The summed E-state index contributed by atoms with van der Waals surface area (Å²) < 4.78 is 19.9. The molecule has 0 saturated heterocycles. The summed E-state index contributed by atoms with van der Waals surface area (Å²) in [7, 11) is 0. The van der Waals surface area contributed by atoms with Gasteiger partial charge in [-0.2, -0.15) is 5.10 Å². The number of benzene rings is 1. The molecule has 8 heteroatoms. The Labute approximate surface area is 141 Å². The Balaban J connectivity index is 1.60. The highest BCUT2D eigenvalue weighted by molar-refractivity contribution is 6.32. The van der Waals surface area contributed by atoms with Crippen LogP contribution in [0.1, 0.15) is 10.4 Å². The van der Waals surface area contributed by atoms with Gasteiger partial charge in [0.2, 0.25) is 0 Å². The molecular formula is C16H12ClFN4O2. The van der Waals surface area contributed by atoms with Gasteiger partial charge in [0.15, 0.2) is 6.73 Å². The number of nitrogens with one attached hydrogen (secondary N) is 1. The zero-order chi connectivity index (χ0) is 16.9. The molecule has 0 fully saturated rings. The molecule has 1 N–H and O–H groups in total. The molecule has 0 radical (unpaired) electrons. The second-order valence-corrected chi connectivity index (χ2v) is 5.22. The van der Waals surface area contributed by atoms with Gasteiger partial charge in [0.05, 0.1) is 28.7 Å². The Morgan fingerprint density at radius 3 is 2.96 bits per heavy atom. The maximum Gasteiger partial charge on any atom is 0.257 e. The van der Waals surface area contributed by atoms with Gasteiger partial charge >= 0.3 is 0 Å². The van der Waals surface area contributed by atoms with Crippen molar-refractivity contribution in [3.63, 3.8) is 0 Å². The number of carbonyl (C=O) groups is 1. The minimum absolute atomic E-state index is 0.0636. The Kier molecular flexibility index (Phi) is 4.72. The summed E-state index contributed by atoms with van der Waals surface area (Å²) in [6.45, 7) is 0.0636. The predicted octanol–water partition coefficient (Wildman–Crippen LogP) is 3.36. The molecule has 0 atom stereocenters. The zero-order valence-electron chi connectivity index (χ0n) is 12.3. The lowest BCUT2D eigenvalue weighted by Gasteiger charge is -2.07. The van der Waals surface area contributed by atoms with E-state index in [0.717, 1.165) is 0 Å². The smallest absolute Gasteiger partial charge is 0.257 e. The number of ether oxygens (including phenoxy) is 1. The quantitative estimate of drug-likeness (QED) is 0.769. The van der Waals surface area contributed by atoms with Crippen LogP contribution < -0.4 is 10.1 Å². The fourth-order valence-corrected chi connectivity index (χ4v) is 2.15. The molecule has 122 valence electrons. The molecule has 0 aliphatic rings. The SMILES string of the molecule is O=C(Nc1cnn(COc2ccc(F)cc2Cl)c1)c1cccnc1. The summed E-state index contributed by atoms with van der Waals surface area (Å²) in [5.74, 6) is -0.383. The van der Waals surface area contributed by atoms with Crippen LogP contribution in [0.5, 0.6) is 5.75 Å². The van der Waals surface area contributed by atoms with E-state index < -0.39 is 5.82 Å². The molecule has 0 spiro atoms. The zero-order valence-corrected chi connectivity index (χ0v) is 13.1. The third-order valence-electron chi connectivity index (χ3n) is 3.06. The Morgan fingerprint density at radius 2 is 2.21 bits per heavy atom. The van der Waals surface area contributed by atoms with Crippen molar-refractivity contribution in [3.8, 4) is 5.75 Å². The maximum absolute atomic E-state index is 13.0. The van der Waals surface area contributed by atoms with E-state index in [-0.39, 0.29) is 17.7 Å². The largest absolute Gasteiger partial charge is 0.470 e. The van der Waals surface area contributed by atoms with Crippen LogP contribution in [0.3, 0.4) is 0 Å². The standard InChI is InChI=1S/C16H12ClFN4O2/c17-14-6-12(18)3-4-15(14)24-10-22-9-13(8-20-22)21-16(23)11-2-1-5-19-7-11/h1-9H,10H2,(H,21,23). The van der Waals surface area contributed by atoms with Crippen molar-refractivity contribution in [2.75, 3.05) is 5.32 Å². The van der Waals surface area contributed by atoms with E-state index >= 15 is 0 Å². The number of rotatable bonds is 5. The van der Waals surface area contributed by atoms with Crippen LogP contribution >= 0.6 is 11.6 Å². The fraction of sp³-hybridized carbons (Fsp3) is 0.0625. The number of halogens is 2. The first-order chi connectivity index (χ1) is 11.6. The number of hydrogen-bond donors (Lipinski definition) is 1. The molecule has 0 aliphatic carbocycles. The number of aromatic nitrogens is 3. The number of hydrogen-bond acceptors (Lipinski definition) is 4. The minimum atomic E-state index is -0.438. The van der Waals surface area contributed by atoms with Crippen LogP contribution in [0.25, 0.3) is 0 Å². The van der Waals surface area contributed by atoms with E-state index in [1.165, 1.54) is 35.3 Å². The first kappa shape index (κ1) is 15.9. The van der Waals surface area contributed by atoms with Crippen LogP contribution in [0.2, 0.25) is 5.02 Å². The van der Waals surface area contributed by atoms with E-state index in [9.17, 15) is 9.18 Å². The number of anilines is 1. The van der Waals surface area contributed by atoms with E-state index in [4.69, 9.17) is 16.3 Å². The van der Waals surface area contributed by atoms with Crippen molar-refractivity contribution in [2.45, 2.75) is 6.73 Å². The molecule has 1 amide bonds. The van der Waals surface area contributed by atoms with Gasteiger partial charge in [-0.05, 0) is 30.3 Å². The van der Waals surface area contributed by atoms with Crippen LogP contribution in [0, 0.1) is 5.82 Å². The van der Waals surface area contributed by atoms with Gasteiger partial charge in [0.1, 0.15) is 11.6 Å². The summed E-state index contributed by atoms with van der Waals surface area (Å²) in [4.78, 5) is 15.9. The molecule has 3 aromatic rings. The summed E-state index contributed by atoms with van der Waals surface area (Å²) in [6, 6.07) is 7.20. The topological polar surface area (TPSA) is 69.0 Å². The van der Waals surface area contributed by atoms with Crippen molar-refractivity contribution >= 4 is 23.2 Å². The molecule has 3 rings (SSSR count). The van der Waals surface area contributed by atoms with Crippen molar-refractivity contribution in [1.82, 2.24) is 14.8 Å². The van der Waals surface area contributed by atoms with Gasteiger partial charge in [-0.1, -0.05) is 11.6 Å². The average molecular weight is 347 g/mol. The summed E-state index contributed by atoms with van der Waals surface area (Å²) >= 11 is 5.88. The molecule has 2 aromatic heterocycles. The molecule has 6 nitrogen and oxygen atoms in total. The van der Waals surface area contributed by atoms with Crippen LogP contribution in [0.15, 0.2) is 55.1 Å². The summed E-state index contributed by atoms with van der Waals surface area (Å²) in [6.07, 6.45) is 6.15. The highest BCUT2D eigenvalue weighted by atomic mass is 35.5. The van der Waals surface area contributed by atoms with Crippen molar-refractivity contribution in [2.24, 2.45) is 0 Å². The molecule has 1 aromatic carbocycles. The first-order valence-electron chi connectivity index (χ1n) is 6.93. The Hall–Kier alpha value is -2.93. The molecule has 2 heterocycles. The molecule has 0 saturated carbocycles. The molecule has 0 unspecified atom stereocenters. The fourth-order valence-electron chi connectivity index (χ4n) is 1.93. The molecule has 24 heavy (non-hydrogen) atoms. The normalized spacial score (nSPS) is 10.4. The lowest BCUT2D eigenvalue weighted by molar-refractivity contribution is 0.102. The van der Waals surface area contributed by atoms with Gasteiger partial charge in [0.25, 0.3) is 5.91 Å². The Morgan fingerprint density at radius 1 is 1.33 bits per heavy atom. The van der Waals surface area contributed by atoms with Crippen molar-refractivity contribution in [3.05, 3.63) is 71.5 Å². The molecular weight excluding hydrogens is 335 g/mol. The average Bonchev–Trinajstić information content (AvgIpc) is 3.02. The molecule has 0 aliphatic heterocycles. The highest BCUT2D eigenvalue weighted by Gasteiger charge is 2.08. The van der Waals surface area contributed by atoms with Gasteiger partial charge in [-0.3, -0.25) is 9.78 Å². The van der Waals surface area contributed by atoms with Gasteiger partial charge < -0.3 is 10.1 Å². The number of nitrogens with zero attached hydrogens (tertiary/aromatic N) is 3. The monoisotopic (exact) mass is 346 g/mol. The van der Waals surface area contributed by atoms with Crippen molar-refractivity contribution < 1.29 is 13.9 Å². The Bertz CT molecular complexity index is 854. The van der Waals surface area contributed by atoms with Crippen LogP contribution in [-0.4, -0.2) is 20.7 Å². The lowest BCUT2D eigenvalue weighted by Crippen LogP contribution is -2.11.